The molecule has 8 heteroatoms. The van der Waals surface area contributed by atoms with E-state index in [0.717, 1.165) is 29.5 Å². The minimum Gasteiger partial charge on any atom is -0.489 e. The maximum absolute atomic E-state index is 15.1. The monoisotopic (exact) mass is 502 g/mol. The van der Waals surface area contributed by atoms with Gasteiger partial charge in [0, 0.05) is 35.6 Å². The van der Waals surface area contributed by atoms with E-state index in [1.807, 2.05) is 52.0 Å². The third-order valence-electron chi connectivity index (χ3n) is 6.44. The van der Waals surface area contributed by atoms with Gasteiger partial charge in [-0.05, 0) is 70.9 Å². The van der Waals surface area contributed by atoms with Crippen LogP contribution < -0.4 is 4.74 Å². The Kier molecular flexibility index (Phi) is 6.58. The summed E-state index contributed by atoms with van der Waals surface area (Å²) in [6.45, 7) is 8.44. The van der Waals surface area contributed by atoms with Crippen molar-refractivity contribution in [2.75, 3.05) is 13.2 Å². The lowest BCUT2D eigenvalue weighted by Gasteiger charge is -2.28. The molecule has 1 aliphatic heterocycles. The molecule has 3 aromatic heterocycles. The topological polar surface area (TPSA) is 80.3 Å². The van der Waals surface area contributed by atoms with Crippen molar-refractivity contribution < 1.29 is 18.7 Å². The van der Waals surface area contributed by atoms with Crippen LogP contribution in [0.3, 0.4) is 0 Å². The van der Waals surface area contributed by atoms with Crippen LogP contribution in [0.5, 0.6) is 5.75 Å². The van der Waals surface area contributed by atoms with Gasteiger partial charge in [0.2, 0.25) is 0 Å². The Hall–Kier alpha value is -3.94. The predicted molar refractivity (Wildman–Crippen MR) is 141 cm³/mol. The molecule has 7 nitrogen and oxygen atoms in total. The molecule has 0 spiro atoms. The SMILES string of the molecule is Cc1ccc(F)c(-c2c(-c3ccncc3OC[C@@H]3CCCN3C(=O)OC(C)(C)C)[nH]c3cccnc23)c1. The van der Waals surface area contributed by atoms with E-state index in [2.05, 4.69) is 15.0 Å². The minimum absolute atomic E-state index is 0.110. The number of ether oxygens (including phenoxy) is 2. The number of rotatable bonds is 5. The number of nitrogens with one attached hydrogen (secondary N) is 1. The van der Waals surface area contributed by atoms with E-state index < -0.39 is 5.60 Å². The van der Waals surface area contributed by atoms with E-state index in [0.29, 0.717) is 41.2 Å². The van der Waals surface area contributed by atoms with Gasteiger partial charge in [0.05, 0.1) is 29.0 Å². The van der Waals surface area contributed by atoms with Crippen LogP contribution in [-0.4, -0.2) is 50.7 Å². The van der Waals surface area contributed by atoms with Crippen molar-refractivity contribution in [1.82, 2.24) is 19.9 Å². The van der Waals surface area contributed by atoms with Crippen LogP contribution in [-0.2, 0) is 4.74 Å². The molecule has 192 valence electrons. The summed E-state index contributed by atoms with van der Waals surface area (Å²) in [4.78, 5) is 26.7. The van der Waals surface area contributed by atoms with Gasteiger partial charge in [0.25, 0.3) is 0 Å². The molecule has 4 heterocycles. The molecule has 1 atom stereocenters. The number of pyridine rings is 2. The van der Waals surface area contributed by atoms with Crippen LogP contribution in [0.1, 0.15) is 39.2 Å². The fourth-order valence-corrected chi connectivity index (χ4v) is 4.77. The first-order valence-electron chi connectivity index (χ1n) is 12.5. The Labute approximate surface area is 215 Å². The summed E-state index contributed by atoms with van der Waals surface area (Å²) < 4.78 is 27.0. The van der Waals surface area contributed by atoms with Crippen LogP contribution in [0.25, 0.3) is 33.4 Å². The number of benzene rings is 1. The zero-order valence-electron chi connectivity index (χ0n) is 21.5. The normalized spacial score (nSPS) is 15.8. The van der Waals surface area contributed by atoms with Gasteiger partial charge >= 0.3 is 6.09 Å². The van der Waals surface area contributed by atoms with Crippen molar-refractivity contribution in [1.29, 1.82) is 0 Å². The standard InChI is InChI=1S/C29H31FN4O3/c1-18-9-10-22(30)21(15-18)25-26(33-23-8-5-12-32-27(23)25)20-11-13-31-16-24(20)36-17-19-7-6-14-34(19)28(35)37-29(2,3)4/h5,8-13,15-16,19,33H,6-7,14,17H2,1-4H3/t19-/m0/s1. The maximum atomic E-state index is 15.1. The highest BCUT2D eigenvalue weighted by molar-refractivity contribution is 6.02. The molecule has 1 amide bonds. The second-order valence-electron chi connectivity index (χ2n) is 10.4. The Bertz CT molecular complexity index is 1440. The number of aryl methyl sites for hydroxylation is 1. The maximum Gasteiger partial charge on any atom is 0.410 e. The quantitative estimate of drug-likeness (QED) is 0.336. The molecule has 37 heavy (non-hydrogen) atoms. The third kappa shape index (κ3) is 5.14. The molecular formula is C29H31FN4O3. The summed E-state index contributed by atoms with van der Waals surface area (Å²) in [7, 11) is 0. The lowest BCUT2D eigenvalue weighted by Crippen LogP contribution is -2.42. The number of aromatic amines is 1. The predicted octanol–water partition coefficient (Wildman–Crippen LogP) is 6.52. The van der Waals surface area contributed by atoms with Gasteiger partial charge < -0.3 is 19.4 Å². The lowest BCUT2D eigenvalue weighted by molar-refractivity contribution is 0.0187. The molecule has 0 radical (unpaired) electrons. The molecule has 1 aromatic carbocycles. The summed E-state index contributed by atoms with van der Waals surface area (Å²) in [6, 6.07) is 10.6. The van der Waals surface area contributed by atoms with Crippen molar-refractivity contribution in [2.24, 2.45) is 0 Å². The highest BCUT2D eigenvalue weighted by Crippen LogP contribution is 2.41. The highest BCUT2D eigenvalue weighted by Gasteiger charge is 2.33. The van der Waals surface area contributed by atoms with Gasteiger partial charge in [-0.25, -0.2) is 9.18 Å². The lowest BCUT2D eigenvalue weighted by atomic mass is 9.98. The Morgan fingerprint density at radius 1 is 1.19 bits per heavy atom. The van der Waals surface area contributed by atoms with Crippen molar-refractivity contribution in [3.05, 3.63) is 66.4 Å². The Morgan fingerprint density at radius 2 is 2.03 bits per heavy atom. The molecule has 5 rings (SSSR count). The summed E-state index contributed by atoms with van der Waals surface area (Å²) in [5.41, 5.74) is 4.43. The van der Waals surface area contributed by atoms with E-state index in [9.17, 15) is 4.79 Å². The summed E-state index contributed by atoms with van der Waals surface area (Å²) in [5.74, 6) is 0.216. The highest BCUT2D eigenvalue weighted by atomic mass is 19.1. The van der Waals surface area contributed by atoms with E-state index in [1.54, 1.807) is 29.6 Å². The summed E-state index contributed by atoms with van der Waals surface area (Å²) in [6.07, 6.45) is 6.41. The number of carbonyl (C=O) groups is 1. The first-order valence-corrected chi connectivity index (χ1v) is 12.5. The second kappa shape index (κ2) is 9.84. The fraction of sp³-hybridized carbons (Fsp3) is 0.345. The molecule has 4 aromatic rings. The number of hydrogen-bond donors (Lipinski definition) is 1. The van der Waals surface area contributed by atoms with Gasteiger partial charge in [-0.1, -0.05) is 11.6 Å². The summed E-state index contributed by atoms with van der Waals surface area (Å²) in [5, 5.41) is 0. The molecule has 0 bridgehead atoms. The minimum atomic E-state index is -0.563. The molecular weight excluding hydrogens is 471 g/mol. The van der Waals surface area contributed by atoms with Gasteiger partial charge in [0.15, 0.2) is 0 Å². The number of amides is 1. The average Bonchev–Trinajstić information content (AvgIpc) is 3.48. The third-order valence-corrected chi connectivity index (χ3v) is 6.44. The molecule has 0 aliphatic carbocycles. The van der Waals surface area contributed by atoms with Crippen molar-refractivity contribution in [2.45, 2.75) is 52.2 Å². The van der Waals surface area contributed by atoms with Crippen LogP contribution in [0.2, 0.25) is 0 Å². The van der Waals surface area contributed by atoms with Crippen LogP contribution in [0, 0.1) is 12.7 Å². The second-order valence-corrected chi connectivity index (χ2v) is 10.4. The number of nitrogens with zero attached hydrogens (tertiary/aromatic N) is 3. The number of fused-ring (bicyclic) bond motifs is 1. The molecule has 1 aliphatic rings. The first-order chi connectivity index (χ1) is 17.7. The number of carbonyl (C=O) groups excluding carboxylic acids is 1. The molecule has 0 unspecified atom stereocenters. The van der Waals surface area contributed by atoms with E-state index >= 15 is 4.39 Å². The largest absolute Gasteiger partial charge is 0.489 e. The van der Waals surface area contributed by atoms with Crippen molar-refractivity contribution in [3.63, 3.8) is 0 Å². The zero-order chi connectivity index (χ0) is 26.2. The van der Waals surface area contributed by atoms with Crippen molar-refractivity contribution >= 4 is 17.1 Å². The first kappa shape index (κ1) is 24.7. The van der Waals surface area contributed by atoms with E-state index in [-0.39, 0.29) is 18.0 Å². The zero-order valence-corrected chi connectivity index (χ0v) is 21.5. The van der Waals surface area contributed by atoms with Gasteiger partial charge in [-0.2, -0.15) is 0 Å². The number of aromatic nitrogens is 3. The Balaban J connectivity index is 1.50. The van der Waals surface area contributed by atoms with E-state index in [4.69, 9.17) is 9.47 Å². The summed E-state index contributed by atoms with van der Waals surface area (Å²) >= 11 is 0. The fourth-order valence-electron chi connectivity index (χ4n) is 4.77. The van der Waals surface area contributed by atoms with Crippen LogP contribution >= 0.6 is 0 Å². The van der Waals surface area contributed by atoms with Crippen LogP contribution in [0.4, 0.5) is 9.18 Å². The van der Waals surface area contributed by atoms with Gasteiger partial charge in [0.1, 0.15) is 23.8 Å². The number of likely N-dealkylation sites (tertiary alicyclic amines) is 1. The molecule has 1 saturated heterocycles. The average molecular weight is 503 g/mol. The molecule has 0 saturated carbocycles. The number of H-pyrrole nitrogens is 1. The molecule has 1 fully saturated rings. The van der Waals surface area contributed by atoms with Crippen molar-refractivity contribution in [3.8, 4) is 28.1 Å². The number of hydrogen-bond acceptors (Lipinski definition) is 5. The smallest absolute Gasteiger partial charge is 0.410 e. The van der Waals surface area contributed by atoms with Gasteiger partial charge in [-0.15, -0.1) is 0 Å². The molecule has 1 N–H and O–H groups in total. The number of halogens is 1. The van der Waals surface area contributed by atoms with Crippen LogP contribution in [0.15, 0.2) is 55.0 Å². The van der Waals surface area contributed by atoms with Gasteiger partial charge in [-0.3, -0.25) is 9.97 Å². The Morgan fingerprint density at radius 3 is 2.84 bits per heavy atom. The van der Waals surface area contributed by atoms with E-state index in [1.165, 1.54) is 6.07 Å².